The van der Waals surface area contributed by atoms with Crippen LogP contribution in [0.15, 0.2) is 59.3 Å². The van der Waals surface area contributed by atoms with Gasteiger partial charge in [0.1, 0.15) is 12.0 Å². The van der Waals surface area contributed by atoms with Gasteiger partial charge in [0.2, 0.25) is 0 Å². The lowest BCUT2D eigenvalue weighted by Gasteiger charge is -2.28. The average molecular weight is 346 g/mol. The van der Waals surface area contributed by atoms with Crippen molar-refractivity contribution in [3.63, 3.8) is 0 Å². The lowest BCUT2D eigenvalue weighted by Crippen LogP contribution is -2.72. The summed E-state index contributed by atoms with van der Waals surface area (Å²) in [7, 11) is 8.06. The molecular formula is C19H33N6+. The molecule has 0 radical (unpaired) electrons. The quantitative estimate of drug-likeness (QED) is 0.641. The summed E-state index contributed by atoms with van der Waals surface area (Å²) in [5.41, 5.74) is 2.09. The first kappa shape index (κ1) is 20.9. The molecule has 0 spiro atoms. The van der Waals surface area contributed by atoms with Gasteiger partial charge in [-0.1, -0.05) is 20.4 Å². The number of quaternary nitrogens is 1. The molecule has 0 aliphatic heterocycles. The third-order valence-corrected chi connectivity index (χ3v) is 3.57. The topological polar surface area (TPSA) is 59.8 Å². The first-order chi connectivity index (χ1) is 11.7. The monoisotopic (exact) mass is 345 g/mol. The van der Waals surface area contributed by atoms with Crippen molar-refractivity contribution in [2.45, 2.75) is 13.8 Å². The van der Waals surface area contributed by atoms with E-state index in [2.05, 4.69) is 55.0 Å². The molecule has 0 aliphatic carbocycles. The predicted octanol–water partition coefficient (Wildman–Crippen LogP) is 2.84. The van der Waals surface area contributed by atoms with Crippen LogP contribution in [0.4, 0.5) is 11.4 Å². The summed E-state index contributed by atoms with van der Waals surface area (Å²) in [6.45, 7) is 10.4. The van der Waals surface area contributed by atoms with Gasteiger partial charge in [0.15, 0.2) is 0 Å². The van der Waals surface area contributed by atoms with E-state index in [1.807, 2.05) is 61.0 Å². The number of azo groups is 1. The summed E-state index contributed by atoms with van der Waals surface area (Å²) in [6, 6.07) is 7.96. The molecule has 3 N–H and O–H groups in total. The summed E-state index contributed by atoms with van der Waals surface area (Å²) in [5, 5.41) is 13.8. The lowest BCUT2D eigenvalue weighted by molar-refractivity contribution is -0.557. The Labute approximate surface area is 152 Å². The van der Waals surface area contributed by atoms with E-state index in [4.69, 9.17) is 0 Å². The van der Waals surface area contributed by atoms with Crippen molar-refractivity contribution in [2.24, 2.45) is 15.6 Å². The van der Waals surface area contributed by atoms with Gasteiger partial charge in [-0.15, -0.1) is 10.2 Å². The van der Waals surface area contributed by atoms with Crippen LogP contribution < -0.4 is 10.6 Å². The van der Waals surface area contributed by atoms with Crippen molar-refractivity contribution in [1.29, 1.82) is 0 Å². The summed E-state index contributed by atoms with van der Waals surface area (Å²) in [5.74, 6) is 0.589. The Morgan fingerprint density at radius 2 is 1.88 bits per heavy atom. The Morgan fingerprint density at radius 1 is 1.24 bits per heavy atom. The molecule has 0 unspecified atom stereocenters. The molecule has 0 heterocycles. The zero-order valence-electron chi connectivity index (χ0n) is 16.5. The molecule has 6 nitrogen and oxygen atoms in total. The number of hydrogen-bond acceptors (Lipinski definition) is 5. The van der Waals surface area contributed by atoms with Gasteiger partial charge in [-0.25, -0.2) is 0 Å². The minimum Gasteiger partial charge on any atom is -0.384 e. The van der Waals surface area contributed by atoms with Gasteiger partial charge in [0, 0.05) is 25.8 Å². The van der Waals surface area contributed by atoms with Gasteiger partial charge in [0.05, 0.1) is 18.9 Å². The van der Waals surface area contributed by atoms with Crippen molar-refractivity contribution in [1.82, 2.24) is 9.80 Å². The number of rotatable bonds is 10. The summed E-state index contributed by atoms with van der Waals surface area (Å²) in [6.07, 6.45) is 3.82. The van der Waals surface area contributed by atoms with Crippen LogP contribution in [0.3, 0.4) is 0 Å². The minimum atomic E-state index is 0.202. The first-order valence-electron chi connectivity index (χ1n) is 8.52. The largest absolute Gasteiger partial charge is 0.384 e. The molecular weight excluding hydrogens is 312 g/mol. The van der Waals surface area contributed by atoms with E-state index < -0.39 is 0 Å². The third kappa shape index (κ3) is 8.47. The third-order valence-electron chi connectivity index (χ3n) is 3.57. The zero-order valence-corrected chi connectivity index (χ0v) is 16.5. The fourth-order valence-electron chi connectivity index (χ4n) is 2.39. The highest BCUT2D eigenvalue weighted by atomic mass is 15.3. The maximum absolute atomic E-state index is 4.23. The van der Waals surface area contributed by atoms with Crippen LogP contribution in [0, 0.1) is 5.41 Å². The summed E-state index contributed by atoms with van der Waals surface area (Å²) >= 11 is 0. The van der Waals surface area contributed by atoms with Gasteiger partial charge >= 0.3 is 0 Å². The van der Waals surface area contributed by atoms with E-state index in [1.165, 1.54) is 0 Å². The smallest absolute Gasteiger partial charge is 0.147 e. The molecule has 1 aromatic rings. The molecule has 0 atom stereocenters. The Bertz CT molecular complexity index is 586. The highest BCUT2D eigenvalue weighted by molar-refractivity contribution is 5.50. The molecule has 6 heteroatoms. The van der Waals surface area contributed by atoms with Crippen LogP contribution in [0.1, 0.15) is 13.8 Å². The van der Waals surface area contributed by atoms with Crippen LogP contribution in [-0.4, -0.2) is 51.1 Å². The highest BCUT2D eigenvalue weighted by Gasteiger charge is 2.18. The minimum absolute atomic E-state index is 0.202. The molecule has 25 heavy (non-hydrogen) atoms. The van der Waals surface area contributed by atoms with Crippen LogP contribution in [0.2, 0.25) is 0 Å². The summed E-state index contributed by atoms with van der Waals surface area (Å²) in [4.78, 5) is 4.04. The van der Waals surface area contributed by atoms with Crippen LogP contribution in [-0.2, 0) is 0 Å². The molecule has 138 valence electrons. The second kappa shape index (κ2) is 9.96. The van der Waals surface area contributed by atoms with Crippen molar-refractivity contribution in [3.8, 4) is 0 Å². The van der Waals surface area contributed by atoms with E-state index >= 15 is 0 Å². The molecule has 0 bridgehead atoms. The molecule has 1 aromatic carbocycles. The zero-order chi connectivity index (χ0) is 18.9. The van der Waals surface area contributed by atoms with Gasteiger partial charge in [-0.2, -0.15) is 0 Å². The summed E-state index contributed by atoms with van der Waals surface area (Å²) < 4.78 is 0. The van der Waals surface area contributed by atoms with Crippen LogP contribution in [0.5, 0.6) is 0 Å². The molecule has 1 rings (SSSR count). The van der Waals surface area contributed by atoms with E-state index in [0.717, 1.165) is 24.5 Å². The molecule has 0 amide bonds. The predicted molar refractivity (Wildman–Crippen MR) is 106 cm³/mol. The first-order valence-corrected chi connectivity index (χ1v) is 8.52. The molecule has 0 fully saturated rings. The van der Waals surface area contributed by atoms with E-state index in [0.29, 0.717) is 5.82 Å². The number of hydrogen-bond donors (Lipinski definition) is 2. The fourth-order valence-corrected chi connectivity index (χ4v) is 2.39. The highest BCUT2D eigenvalue weighted by Crippen LogP contribution is 2.21. The molecule has 0 saturated carbocycles. The number of anilines is 1. The van der Waals surface area contributed by atoms with Crippen molar-refractivity contribution < 1.29 is 5.32 Å². The van der Waals surface area contributed by atoms with Gasteiger partial charge in [0.25, 0.3) is 0 Å². The maximum Gasteiger partial charge on any atom is 0.147 e. The lowest BCUT2D eigenvalue weighted by atomic mass is 9.93. The number of nitrogens with zero attached hydrogens (tertiary/aromatic N) is 4. The van der Waals surface area contributed by atoms with E-state index in [-0.39, 0.29) is 5.41 Å². The SMILES string of the molecule is C=C(N=Nc1ccc(NCC(C)(C)CN(C)C)cc1)N(C)/C=C\[NH2+]C. The normalized spacial score (nSPS) is 12.3. The van der Waals surface area contributed by atoms with Crippen molar-refractivity contribution in [2.75, 3.05) is 46.6 Å². The van der Waals surface area contributed by atoms with Gasteiger partial charge in [-0.3, -0.25) is 0 Å². The number of nitrogens with one attached hydrogen (secondary N) is 1. The maximum atomic E-state index is 4.23. The second-order valence-electron chi connectivity index (χ2n) is 7.20. The fraction of sp³-hybridized carbons (Fsp3) is 0.474. The molecule has 0 aliphatic rings. The Morgan fingerprint density at radius 3 is 2.44 bits per heavy atom. The van der Waals surface area contributed by atoms with Crippen LogP contribution >= 0.6 is 0 Å². The van der Waals surface area contributed by atoms with Crippen molar-refractivity contribution >= 4 is 11.4 Å². The van der Waals surface area contributed by atoms with Crippen LogP contribution in [0.25, 0.3) is 0 Å². The Kier molecular flexibility index (Phi) is 8.31. The molecule has 0 saturated heterocycles. The number of benzene rings is 1. The van der Waals surface area contributed by atoms with Gasteiger partial charge < -0.3 is 20.4 Å². The van der Waals surface area contributed by atoms with E-state index in [1.54, 1.807) is 0 Å². The second-order valence-corrected chi connectivity index (χ2v) is 7.20. The average Bonchev–Trinajstić information content (AvgIpc) is 2.55. The molecule has 0 aromatic heterocycles. The Hall–Kier alpha value is -2.18. The van der Waals surface area contributed by atoms with E-state index in [9.17, 15) is 0 Å². The Balaban J connectivity index is 2.57. The van der Waals surface area contributed by atoms with Crippen molar-refractivity contribution in [3.05, 3.63) is 49.1 Å². The van der Waals surface area contributed by atoms with Gasteiger partial charge in [-0.05, 0) is 43.8 Å². The number of nitrogens with two attached hydrogens (primary N) is 1. The standard InChI is InChI=1S/C19H32N6/c1-16(25(7)13-12-20-4)22-23-18-10-8-17(9-11-18)21-14-19(2,3)15-24(5)6/h8-13,20-21H,1,14-15H2,2-7H3/p+1/b13-12-,23-22?.